The fourth-order valence-electron chi connectivity index (χ4n) is 1.78. The zero-order chi connectivity index (χ0) is 13.0. The summed E-state index contributed by atoms with van der Waals surface area (Å²) in [6, 6.07) is 10.1. The molecule has 0 unspecified atom stereocenters. The van der Waals surface area contributed by atoms with E-state index in [9.17, 15) is 0 Å². The Bertz CT molecular complexity index is 523. The molecule has 0 aliphatic carbocycles. The van der Waals surface area contributed by atoms with Crippen LogP contribution in [0, 0.1) is 0 Å². The molecule has 18 heavy (non-hydrogen) atoms. The van der Waals surface area contributed by atoms with E-state index in [4.69, 9.17) is 10.5 Å². The lowest BCUT2D eigenvalue weighted by atomic mass is 10.1. The van der Waals surface area contributed by atoms with Crippen LogP contribution in [-0.2, 0) is 6.54 Å². The third-order valence-corrected chi connectivity index (χ3v) is 2.57. The topological polar surface area (TPSA) is 48.1 Å². The number of ether oxygens (including phenoxy) is 1. The molecule has 0 saturated carbocycles. The number of aromatic nitrogens is 1. The maximum atomic E-state index is 5.69. The zero-order valence-corrected chi connectivity index (χ0v) is 10.8. The summed E-state index contributed by atoms with van der Waals surface area (Å²) in [5.74, 6) is 0.876. The van der Waals surface area contributed by atoms with E-state index in [0.29, 0.717) is 6.54 Å². The van der Waals surface area contributed by atoms with Gasteiger partial charge < -0.3 is 10.5 Å². The molecule has 0 saturated heterocycles. The lowest BCUT2D eigenvalue weighted by Crippen LogP contribution is -2.05. The molecular formula is C15H18N2O. The van der Waals surface area contributed by atoms with Gasteiger partial charge in [-0.1, -0.05) is 12.1 Å². The third kappa shape index (κ3) is 3.08. The van der Waals surface area contributed by atoms with Crippen molar-refractivity contribution < 1.29 is 4.74 Å². The lowest BCUT2D eigenvalue weighted by Gasteiger charge is -2.11. The van der Waals surface area contributed by atoms with Gasteiger partial charge in [-0.25, -0.2) is 0 Å². The largest absolute Gasteiger partial charge is 0.491 e. The van der Waals surface area contributed by atoms with Crippen molar-refractivity contribution in [1.82, 2.24) is 4.98 Å². The van der Waals surface area contributed by atoms with E-state index in [-0.39, 0.29) is 6.10 Å². The Morgan fingerprint density at radius 3 is 2.72 bits per heavy atom. The lowest BCUT2D eigenvalue weighted by molar-refractivity contribution is 0.242. The Labute approximate surface area is 108 Å². The standard InChI is InChI=1S/C15H18N2O/c1-11(2)18-15-5-3-4-13(7-15)14-6-12(8-16)9-17-10-14/h3-7,9-11H,8,16H2,1-2H3. The van der Waals surface area contributed by atoms with Gasteiger partial charge in [0, 0.05) is 24.5 Å². The maximum Gasteiger partial charge on any atom is 0.120 e. The number of nitrogens with two attached hydrogens (primary N) is 1. The molecule has 0 aliphatic heterocycles. The minimum atomic E-state index is 0.175. The fraction of sp³-hybridized carbons (Fsp3) is 0.267. The first-order chi connectivity index (χ1) is 8.69. The van der Waals surface area contributed by atoms with Crippen molar-refractivity contribution in [1.29, 1.82) is 0 Å². The molecule has 0 atom stereocenters. The summed E-state index contributed by atoms with van der Waals surface area (Å²) in [5, 5.41) is 0. The van der Waals surface area contributed by atoms with Crippen LogP contribution in [0.15, 0.2) is 42.7 Å². The van der Waals surface area contributed by atoms with E-state index < -0.39 is 0 Å². The van der Waals surface area contributed by atoms with Crippen molar-refractivity contribution in [2.24, 2.45) is 5.73 Å². The van der Waals surface area contributed by atoms with Crippen LogP contribution in [0.2, 0.25) is 0 Å². The second kappa shape index (κ2) is 5.65. The summed E-state index contributed by atoms with van der Waals surface area (Å²) < 4.78 is 5.69. The number of rotatable bonds is 4. The molecular weight excluding hydrogens is 224 g/mol. The van der Waals surface area contributed by atoms with E-state index in [1.165, 1.54) is 0 Å². The molecule has 0 aliphatic rings. The molecule has 2 aromatic rings. The van der Waals surface area contributed by atoms with Crippen LogP contribution in [0.5, 0.6) is 5.75 Å². The van der Waals surface area contributed by atoms with Gasteiger partial charge in [0.05, 0.1) is 6.10 Å². The Kier molecular flexibility index (Phi) is 3.95. The highest BCUT2D eigenvalue weighted by Gasteiger charge is 2.03. The average Bonchev–Trinajstić information content (AvgIpc) is 2.38. The Morgan fingerprint density at radius 2 is 2.00 bits per heavy atom. The summed E-state index contributed by atoms with van der Waals surface area (Å²) in [5.41, 5.74) is 8.81. The predicted molar refractivity (Wildman–Crippen MR) is 73.3 cm³/mol. The van der Waals surface area contributed by atoms with Gasteiger partial charge in [0.2, 0.25) is 0 Å². The molecule has 1 aromatic carbocycles. The summed E-state index contributed by atoms with van der Waals surface area (Å²) in [6.45, 7) is 4.54. The van der Waals surface area contributed by atoms with Crippen molar-refractivity contribution in [2.75, 3.05) is 0 Å². The smallest absolute Gasteiger partial charge is 0.120 e. The monoisotopic (exact) mass is 242 g/mol. The first kappa shape index (κ1) is 12.6. The molecule has 3 heteroatoms. The summed E-state index contributed by atoms with van der Waals surface area (Å²) >= 11 is 0. The van der Waals surface area contributed by atoms with Crippen LogP contribution in [0.4, 0.5) is 0 Å². The summed E-state index contributed by atoms with van der Waals surface area (Å²) in [4.78, 5) is 4.20. The number of nitrogens with zero attached hydrogens (tertiary/aromatic N) is 1. The highest BCUT2D eigenvalue weighted by molar-refractivity contribution is 5.64. The number of hydrogen-bond acceptors (Lipinski definition) is 3. The van der Waals surface area contributed by atoms with Crippen LogP contribution in [0.3, 0.4) is 0 Å². The van der Waals surface area contributed by atoms with Gasteiger partial charge in [-0.05, 0) is 43.2 Å². The molecule has 3 nitrogen and oxygen atoms in total. The van der Waals surface area contributed by atoms with Crippen LogP contribution in [0.1, 0.15) is 19.4 Å². The Morgan fingerprint density at radius 1 is 1.17 bits per heavy atom. The van der Waals surface area contributed by atoms with Gasteiger partial charge in [-0.15, -0.1) is 0 Å². The molecule has 94 valence electrons. The molecule has 0 bridgehead atoms. The predicted octanol–water partition coefficient (Wildman–Crippen LogP) is 2.99. The highest BCUT2D eigenvalue weighted by atomic mass is 16.5. The van der Waals surface area contributed by atoms with Crippen LogP contribution in [-0.4, -0.2) is 11.1 Å². The molecule has 0 amide bonds. The average molecular weight is 242 g/mol. The van der Waals surface area contributed by atoms with E-state index in [0.717, 1.165) is 22.4 Å². The van der Waals surface area contributed by atoms with E-state index >= 15 is 0 Å². The van der Waals surface area contributed by atoms with E-state index in [1.54, 1.807) is 6.20 Å². The zero-order valence-electron chi connectivity index (χ0n) is 10.8. The third-order valence-electron chi connectivity index (χ3n) is 2.57. The molecule has 0 radical (unpaired) electrons. The minimum Gasteiger partial charge on any atom is -0.491 e. The molecule has 1 heterocycles. The molecule has 0 fully saturated rings. The van der Waals surface area contributed by atoms with E-state index in [1.807, 2.05) is 44.3 Å². The van der Waals surface area contributed by atoms with Crippen LogP contribution >= 0.6 is 0 Å². The van der Waals surface area contributed by atoms with Gasteiger partial charge in [0.15, 0.2) is 0 Å². The van der Waals surface area contributed by atoms with Crippen molar-refractivity contribution in [3.8, 4) is 16.9 Å². The van der Waals surface area contributed by atoms with Gasteiger partial charge in [-0.2, -0.15) is 0 Å². The normalized spacial score (nSPS) is 10.7. The second-order valence-corrected chi connectivity index (χ2v) is 4.48. The van der Waals surface area contributed by atoms with Crippen LogP contribution < -0.4 is 10.5 Å². The SMILES string of the molecule is CC(C)Oc1cccc(-c2cncc(CN)c2)c1. The summed E-state index contributed by atoms with van der Waals surface area (Å²) in [6.07, 6.45) is 3.81. The van der Waals surface area contributed by atoms with Crippen LogP contribution in [0.25, 0.3) is 11.1 Å². The van der Waals surface area contributed by atoms with Crippen molar-refractivity contribution >= 4 is 0 Å². The first-order valence-electron chi connectivity index (χ1n) is 6.10. The number of hydrogen-bond donors (Lipinski definition) is 1. The van der Waals surface area contributed by atoms with E-state index in [2.05, 4.69) is 11.1 Å². The van der Waals surface area contributed by atoms with Gasteiger partial charge in [-0.3, -0.25) is 4.98 Å². The quantitative estimate of drug-likeness (QED) is 0.896. The minimum absolute atomic E-state index is 0.175. The fourth-order valence-corrected chi connectivity index (χ4v) is 1.78. The molecule has 0 spiro atoms. The Balaban J connectivity index is 2.32. The number of pyridine rings is 1. The van der Waals surface area contributed by atoms with Gasteiger partial charge in [0.1, 0.15) is 5.75 Å². The first-order valence-corrected chi connectivity index (χ1v) is 6.10. The molecule has 2 rings (SSSR count). The van der Waals surface area contributed by atoms with Crippen molar-refractivity contribution in [3.63, 3.8) is 0 Å². The van der Waals surface area contributed by atoms with Crippen molar-refractivity contribution in [3.05, 3.63) is 48.3 Å². The van der Waals surface area contributed by atoms with Gasteiger partial charge in [0.25, 0.3) is 0 Å². The molecule has 1 aromatic heterocycles. The maximum absolute atomic E-state index is 5.69. The summed E-state index contributed by atoms with van der Waals surface area (Å²) in [7, 11) is 0. The van der Waals surface area contributed by atoms with Gasteiger partial charge >= 0.3 is 0 Å². The number of benzene rings is 1. The highest BCUT2D eigenvalue weighted by Crippen LogP contribution is 2.24. The van der Waals surface area contributed by atoms with Crippen molar-refractivity contribution in [2.45, 2.75) is 26.5 Å². The molecule has 2 N–H and O–H groups in total. The second-order valence-electron chi connectivity index (χ2n) is 4.48. The Hall–Kier alpha value is -1.87.